The third kappa shape index (κ3) is 2.52. The summed E-state index contributed by atoms with van der Waals surface area (Å²) in [5.74, 6) is -6.42. The minimum atomic E-state index is -2.86. The smallest absolute Gasteiger partial charge is 0.255 e. The highest BCUT2D eigenvalue weighted by atomic mass is 16.4. The fourth-order valence-electron chi connectivity index (χ4n) is 5.16. The monoisotopic (exact) mass is 430 g/mol. The van der Waals surface area contributed by atoms with E-state index in [1.807, 2.05) is 0 Å². The second kappa shape index (κ2) is 6.39. The van der Waals surface area contributed by atoms with Crippen LogP contribution in [-0.4, -0.2) is 54.1 Å². The van der Waals surface area contributed by atoms with Gasteiger partial charge in [0, 0.05) is 12.0 Å². The van der Waals surface area contributed by atoms with Gasteiger partial charge in [0.15, 0.2) is 5.78 Å². The first-order valence-corrected chi connectivity index (χ1v) is 9.64. The van der Waals surface area contributed by atoms with Crippen LogP contribution in [0, 0.1) is 5.92 Å². The number of nitrogens with two attached hydrogens (primary N) is 2. The molecule has 0 aliphatic heterocycles. The Kier molecular flexibility index (Phi) is 4.34. The summed E-state index contributed by atoms with van der Waals surface area (Å²) >= 11 is 0. The number of aliphatic hydroxyl groups excluding tert-OH is 3. The number of allylic oxidation sites excluding steroid dienone is 1. The average molecular weight is 430 g/mol. The van der Waals surface area contributed by atoms with E-state index in [0.717, 1.165) is 0 Å². The molecule has 0 fully saturated rings. The molecule has 4 rings (SSSR count). The van der Waals surface area contributed by atoms with Crippen molar-refractivity contribution < 1.29 is 39.9 Å². The van der Waals surface area contributed by atoms with Crippen molar-refractivity contribution in [2.75, 3.05) is 0 Å². The van der Waals surface area contributed by atoms with Crippen molar-refractivity contribution in [1.82, 2.24) is 0 Å². The molecule has 1 aromatic carbocycles. The highest BCUT2D eigenvalue weighted by Gasteiger charge is 2.66. The minimum Gasteiger partial charge on any atom is -0.511 e. The average Bonchev–Trinajstić information content (AvgIpc) is 2.64. The number of benzene rings is 1. The lowest BCUT2D eigenvalue weighted by Gasteiger charge is -2.51. The number of Topliss-reactive ketones (excluding diaryl/α,β-unsaturated/α-hetero) is 2. The molecule has 9 N–H and O–H groups in total. The number of aliphatic hydroxyl groups is 4. The largest absolute Gasteiger partial charge is 0.511 e. The number of phenols is 1. The fraction of sp³-hybridized carbons (Fsp3) is 0.381. The molecule has 1 aromatic rings. The number of amides is 1. The summed E-state index contributed by atoms with van der Waals surface area (Å²) in [5, 5.41) is 52.8. The fourth-order valence-corrected chi connectivity index (χ4v) is 5.16. The molecule has 3 aliphatic rings. The first-order valence-electron chi connectivity index (χ1n) is 9.64. The number of fused-ring (bicyclic) bond motifs is 3. The van der Waals surface area contributed by atoms with Gasteiger partial charge in [0.25, 0.3) is 5.91 Å². The number of hydrogen-bond acceptors (Lipinski definition) is 9. The maximum Gasteiger partial charge on any atom is 0.255 e. The summed E-state index contributed by atoms with van der Waals surface area (Å²) in [6, 6.07) is 2.72. The predicted octanol–water partition coefficient (Wildman–Crippen LogP) is -0.285. The van der Waals surface area contributed by atoms with E-state index < -0.39 is 64.1 Å². The van der Waals surface area contributed by atoms with Crippen LogP contribution in [0.5, 0.6) is 5.75 Å². The molecule has 0 bridgehead atoms. The summed E-state index contributed by atoms with van der Waals surface area (Å²) < 4.78 is 0. The van der Waals surface area contributed by atoms with Crippen molar-refractivity contribution in [3.05, 3.63) is 51.5 Å². The lowest BCUT2D eigenvalue weighted by Crippen LogP contribution is -2.71. The Morgan fingerprint density at radius 3 is 2.45 bits per heavy atom. The van der Waals surface area contributed by atoms with Gasteiger partial charge in [-0.25, -0.2) is 0 Å². The maximum atomic E-state index is 13.3. The molecule has 1 unspecified atom stereocenters. The lowest BCUT2D eigenvalue weighted by molar-refractivity contribution is -0.146. The third-order valence-corrected chi connectivity index (χ3v) is 6.61. The van der Waals surface area contributed by atoms with E-state index in [1.54, 1.807) is 0 Å². The van der Waals surface area contributed by atoms with Gasteiger partial charge in [-0.15, -0.1) is 0 Å². The highest BCUT2D eigenvalue weighted by Crippen LogP contribution is 2.52. The van der Waals surface area contributed by atoms with Crippen LogP contribution in [0.25, 0.3) is 0 Å². The number of primary amides is 1. The number of phenolic OH excluding ortho intramolecular Hbond substituents is 1. The van der Waals surface area contributed by atoms with Crippen molar-refractivity contribution in [3.63, 3.8) is 0 Å². The van der Waals surface area contributed by atoms with Crippen LogP contribution >= 0.6 is 0 Å². The van der Waals surface area contributed by atoms with Crippen LogP contribution in [0.3, 0.4) is 0 Å². The second-order valence-electron chi connectivity index (χ2n) is 8.46. The quantitative estimate of drug-likeness (QED) is 0.308. The van der Waals surface area contributed by atoms with E-state index in [0.29, 0.717) is 11.1 Å². The predicted molar refractivity (Wildman–Crippen MR) is 105 cm³/mol. The Balaban J connectivity index is 1.97. The summed E-state index contributed by atoms with van der Waals surface area (Å²) in [5.41, 5.74) is 6.10. The van der Waals surface area contributed by atoms with Crippen molar-refractivity contribution in [1.29, 1.82) is 0 Å². The van der Waals surface area contributed by atoms with Crippen molar-refractivity contribution in [2.24, 2.45) is 17.4 Å². The van der Waals surface area contributed by atoms with Gasteiger partial charge in [0.05, 0.1) is 17.2 Å². The van der Waals surface area contributed by atoms with Crippen LogP contribution in [0.2, 0.25) is 0 Å². The van der Waals surface area contributed by atoms with E-state index >= 15 is 0 Å². The van der Waals surface area contributed by atoms with Crippen LogP contribution in [0.4, 0.5) is 0 Å². The van der Waals surface area contributed by atoms with Crippen molar-refractivity contribution >= 4 is 17.5 Å². The Morgan fingerprint density at radius 2 is 1.87 bits per heavy atom. The van der Waals surface area contributed by atoms with Crippen LogP contribution in [0.15, 0.2) is 34.8 Å². The number of rotatable bonds is 2. The molecule has 0 aromatic heterocycles. The Hall–Kier alpha value is -3.21. The van der Waals surface area contributed by atoms with Crippen molar-refractivity contribution in [2.45, 2.75) is 43.4 Å². The zero-order valence-corrected chi connectivity index (χ0v) is 16.5. The number of ketones is 2. The molecule has 10 heteroatoms. The summed E-state index contributed by atoms with van der Waals surface area (Å²) in [4.78, 5) is 37.9. The molecule has 31 heavy (non-hydrogen) atoms. The Bertz CT molecular complexity index is 1130. The molecule has 0 heterocycles. The molecule has 164 valence electrons. The van der Waals surface area contributed by atoms with E-state index in [2.05, 4.69) is 0 Å². The van der Waals surface area contributed by atoms with Gasteiger partial charge in [0.1, 0.15) is 22.8 Å². The SMILES string of the molecule is CC(O)c1ccc(O)c2c1C[C@H]1C[C@@]3(N)CC(O)=C(C(N)=O)C(=O)[C@@]3(O)C(O)=C1C2=O. The first-order chi connectivity index (χ1) is 14.3. The molecule has 1 amide bonds. The van der Waals surface area contributed by atoms with Gasteiger partial charge in [-0.3, -0.25) is 14.4 Å². The Morgan fingerprint density at radius 1 is 1.23 bits per heavy atom. The molecule has 3 aliphatic carbocycles. The zero-order valence-electron chi connectivity index (χ0n) is 16.5. The molecule has 4 atom stereocenters. The summed E-state index contributed by atoms with van der Waals surface area (Å²) in [6.45, 7) is 1.50. The molecule has 0 saturated carbocycles. The van der Waals surface area contributed by atoms with Gasteiger partial charge in [-0.1, -0.05) is 6.07 Å². The van der Waals surface area contributed by atoms with E-state index in [-0.39, 0.29) is 29.7 Å². The Labute approximate surface area is 176 Å². The topological polar surface area (TPSA) is 204 Å². The number of aromatic hydroxyl groups is 1. The second-order valence-corrected chi connectivity index (χ2v) is 8.46. The zero-order chi connectivity index (χ0) is 23.0. The van der Waals surface area contributed by atoms with Gasteiger partial charge in [-0.2, -0.15) is 0 Å². The third-order valence-electron chi connectivity index (χ3n) is 6.61. The molecular weight excluding hydrogens is 408 g/mol. The number of hydrogen-bond donors (Lipinski definition) is 7. The minimum absolute atomic E-state index is 0.0749. The standard InChI is InChI=1S/C21H22N2O8/c1-7(24)9-2-3-11(25)14-10(9)4-8-5-20(23)6-12(26)15(19(22)30)18(29)21(20,31)17(28)13(8)16(14)27/h2-3,7-8,24-26,28,31H,4-6,23H2,1H3,(H2,22,30)/t7?,8-,20+,21-/m0/s1. The first kappa shape index (κ1) is 21.0. The number of carbonyl (C=O) groups excluding carboxylic acids is 3. The van der Waals surface area contributed by atoms with Gasteiger partial charge < -0.3 is 37.0 Å². The van der Waals surface area contributed by atoms with E-state index in [4.69, 9.17) is 11.5 Å². The van der Waals surface area contributed by atoms with Gasteiger partial charge in [-0.05, 0) is 42.9 Å². The van der Waals surface area contributed by atoms with Crippen molar-refractivity contribution in [3.8, 4) is 5.75 Å². The normalized spacial score (nSPS) is 31.2. The van der Waals surface area contributed by atoms with E-state index in [1.165, 1.54) is 19.1 Å². The highest BCUT2D eigenvalue weighted by molar-refractivity contribution is 6.25. The van der Waals surface area contributed by atoms with Gasteiger partial charge >= 0.3 is 0 Å². The maximum absolute atomic E-state index is 13.3. The van der Waals surface area contributed by atoms with Crippen LogP contribution < -0.4 is 11.5 Å². The lowest BCUT2D eigenvalue weighted by atomic mass is 9.56. The molecule has 0 saturated heterocycles. The van der Waals surface area contributed by atoms with Crippen LogP contribution in [0.1, 0.15) is 47.4 Å². The summed E-state index contributed by atoms with van der Waals surface area (Å²) in [7, 11) is 0. The van der Waals surface area contributed by atoms with E-state index in [9.17, 15) is 39.9 Å². The molecule has 10 nitrogen and oxygen atoms in total. The molecular formula is C21H22N2O8. The summed E-state index contributed by atoms with van der Waals surface area (Å²) in [6.07, 6.45) is -1.61. The number of carbonyl (C=O) groups is 3. The molecule has 0 radical (unpaired) electrons. The van der Waals surface area contributed by atoms with Crippen LogP contribution in [-0.2, 0) is 16.0 Å². The molecule has 0 spiro atoms. The van der Waals surface area contributed by atoms with Gasteiger partial charge in [0.2, 0.25) is 11.4 Å².